The maximum atomic E-state index is 9.71. The molecule has 2 aromatic rings. The summed E-state index contributed by atoms with van der Waals surface area (Å²) >= 11 is 3.26. The van der Waals surface area contributed by atoms with Crippen LogP contribution in [-0.4, -0.2) is 18.5 Å². The first-order chi connectivity index (χ1) is 6.77. The number of phenolic OH excluding ortho intramolecular Hbond substituents is 1. The van der Waals surface area contributed by atoms with Crippen LogP contribution in [0.15, 0.2) is 22.4 Å². The zero-order chi connectivity index (χ0) is 10.1. The van der Waals surface area contributed by atoms with E-state index in [1.54, 1.807) is 36.3 Å². The molecule has 1 heterocycles. The molecule has 0 atom stereocenters. The Kier molecular flexibility index (Phi) is 2.56. The van der Waals surface area contributed by atoms with Gasteiger partial charge in [-0.1, -0.05) is 0 Å². The smallest absolute Gasteiger partial charge is 0.137 e. The number of rotatable bonds is 2. The van der Waals surface area contributed by atoms with Gasteiger partial charge in [0.15, 0.2) is 0 Å². The summed E-state index contributed by atoms with van der Waals surface area (Å²) < 4.78 is 6.31. The number of fused-ring (bicyclic) bond motifs is 1. The van der Waals surface area contributed by atoms with Crippen LogP contribution in [0, 0.1) is 0 Å². The van der Waals surface area contributed by atoms with Crippen molar-refractivity contribution in [2.24, 2.45) is 0 Å². The van der Waals surface area contributed by atoms with Gasteiger partial charge in [-0.05, 0) is 17.7 Å². The maximum absolute atomic E-state index is 9.71. The van der Waals surface area contributed by atoms with Gasteiger partial charge < -0.3 is 9.84 Å². The highest BCUT2D eigenvalue weighted by Crippen LogP contribution is 2.42. The van der Waals surface area contributed by atoms with E-state index in [2.05, 4.69) is 0 Å². The minimum Gasteiger partial charge on any atom is -0.507 e. The van der Waals surface area contributed by atoms with Crippen LogP contribution >= 0.6 is 23.1 Å². The van der Waals surface area contributed by atoms with Crippen LogP contribution in [0.5, 0.6) is 11.5 Å². The van der Waals surface area contributed by atoms with E-state index in [1.165, 1.54) is 0 Å². The summed E-state index contributed by atoms with van der Waals surface area (Å²) in [5, 5.41) is 12.6. The first kappa shape index (κ1) is 9.68. The summed E-state index contributed by atoms with van der Waals surface area (Å²) in [6.07, 6.45) is 2.01. The van der Waals surface area contributed by atoms with Crippen molar-refractivity contribution in [3.05, 3.63) is 17.5 Å². The number of thiophene rings is 1. The molecule has 0 saturated heterocycles. The number of aromatic hydroxyl groups is 1. The number of hydrogen-bond acceptors (Lipinski definition) is 4. The molecule has 0 amide bonds. The third kappa shape index (κ3) is 1.35. The van der Waals surface area contributed by atoms with Crippen molar-refractivity contribution >= 4 is 33.2 Å². The van der Waals surface area contributed by atoms with E-state index in [9.17, 15) is 5.11 Å². The highest BCUT2D eigenvalue weighted by atomic mass is 32.2. The Morgan fingerprint density at radius 3 is 2.93 bits per heavy atom. The van der Waals surface area contributed by atoms with Gasteiger partial charge in [-0.3, -0.25) is 0 Å². The van der Waals surface area contributed by atoms with Crippen LogP contribution in [0.2, 0.25) is 0 Å². The largest absolute Gasteiger partial charge is 0.507 e. The van der Waals surface area contributed by atoms with Crippen LogP contribution in [-0.2, 0) is 0 Å². The van der Waals surface area contributed by atoms with E-state index >= 15 is 0 Å². The quantitative estimate of drug-likeness (QED) is 0.796. The molecule has 2 rings (SSSR count). The molecular formula is C10H10O2S2. The Balaban J connectivity index is 2.82. The van der Waals surface area contributed by atoms with Crippen LogP contribution in [0.4, 0.5) is 0 Å². The molecule has 74 valence electrons. The lowest BCUT2D eigenvalue weighted by atomic mass is 10.2. The van der Waals surface area contributed by atoms with Gasteiger partial charge in [0.05, 0.1) is 16.7 Å². The number of phenols is 1. The fourth-order valence-corrected chi connectivity index (χ4v) is 3.29. The predicted octanol–water partition coefficient (Wildman–Crippen LogP) is 3.34. The molecule has 1 N–H and O–H groups in total. The summed E-state index contributed by atoms with van der Waals surface area (Å²) in [7, 11) is 1.62. The highest BCUT2D eigenvalue weighted by molar-refractivity contribution is 7.99. The summed E-state index contributed by atoms with van der Waals surface area (Å²) in [6.45, 7) is 0. The lowest BCUT2D eigenvalue weighted by molar-refractivity contribution is 0.400. The van der Waals surface area contributed by atoms with Gasteiger partial charge in [0.2, 0.25) is 0 Å². The molecule has 0 spiro atoms. The fourth-order valence-electron chi connectivity index (χ4n) is 1.41. The van der Waals surface area contributed by atoms with E-state index in [0.29, 0.717) is 0 Å². The number of benzene rings is 1. The van der Waals surface area contributed by atoms with Gasteiger partial charge in [-0.2, -0.15) is 0 Å². The van der Waals surface area contributed by atoms with Gasteiger partial charge >= 0.3 is 0 Å². The molecule has 14 heavy (non-hydrogen) atoms. The number of ether oxygens (including phenoxy) is 1. The third-order valence-corrected chi connectivity index (χ3v) is 3.94. The fraction of sp³-hybridized carbons (Fsp3) is 0.200. The molecule has 1 aromatic heterocycles. The lowest BCUT2D eigenvalue weighted by Gasteiger charge is -2.08. The Bertz CT molecular complexity index is 462. The lowest BCUT2D eigenvalue weighted by Crippen LogP contribution is -1.85. The van der Waals surface area contributed by atoms with Crippen LogP contribution in [0.3, 0.4) is 0 Å². The summed E-state index contributed by atoms with van der Waals surface area (Å²) in [5.74, 6) is 1.03. The second-order valence-electron chi connectivity index (χ2n) is 2.79. The second kappa shape index (κ2) is 3.71. The Morgan fingerprint density at radius 1 is 1.50 bits per heavy atom. The SMILES string of the molecule is COc1cc(O)c2ccsc2c1SC. The normalized spacial score (nSPS) is 10.7. The van der Waals surface area contributed by atoms with E-state index in [4.69, 9.17) is 4.74 Å². The predicted molar refractivity (Wildman–Crippen MR) is 61.8 cm³/mol. The highest BCUT2D eigenvalue weighted by Gasteiger charge is 2.12. The standard InChI is InChI=1S/C10H10O2S2/c1-12-8-5-7(11)6-3-4-14-9(6)10(8)13-2/h3-5,11H,1-2H3. The molecule has 0 aliphatic rings. The zero-order valence-corrected chi connectivity index (χ0v) is 9.54. The molecule has 2 nitrogen and oxygen atoms in total. The Hall–Kier alpha value is -0.870. The molecule has 0 saturated carbocycles. The monoisotopic (exact) mass is 226 g/mol. The van der Waals surface area contributed by atoms with Crippen molar-refractivity contribution in [1.29, 1.82) is 0 Å². The molecule has 0 aliphatic heterocycles. The van der Waals surface area contributed by atoms with Crippen molar-refractivity contribution in [3.8, 4) is 11.5 Å². The molecule has 4 heteroatoms. The summed E-state index contributed by atoms with van der Waals surface area (Å²) in [5.41, 5.74) is 0. The van der Waals surface area contributed by atoms with E-state index in [1.807, 2.05) is 17.7 Å². The van der Waals surface area contributed by atoms with Crippen molar-refractivity contribution < 1.29 is 9.84 Å². The molecule has 1 aromatic carbocycles. The van der Waals surface area contributed by atoms with Gasteiger partial charge in [0.1, 0.15) is 11.5 Å². The molecule has 0 aliphatic carbocycles. The van der Waals surface area contributed by atoms with Gasteiger partial charge in [-0.25, -0.2) is 0 Å². The van der Waals surface area contributed by atoms with Crippen LogP contribution in [0.1, 0.15) is 0 Å². The van der Waals surface area contributed by atoms with Crippen molar-refractivity contribution in [3.63, 3.8) is 0 Å². The van der Waals surface area contributed by atoms with E-state index in [-0.39, 0.29) is 5.75 Å². The third-order valence-electron chi connectivity index (χ3n) is 2.06. The molecule has 0 fully saturated rings. The number of methoxy groups -OCH3 is 1. The number of thioether (sulfide) groups is 1. The first-order valence-electron chi connectivity index (χ1n) is 4.09. The number of hydrogen-bond donors (Lipinski definition) is 1. The van der Waals surface area contributed by atoms with E-state index in [0.717, 1.165) is 20.7 Å². The maximum Gasteiger partial charge on any atom is 0.137 e. The zero-order valence-electron chi connectivity index (χ0n) is 7.90. The molecule has 0 bridgehead atoms. The summed E-state index contributed by atoms with van der Waals surface area (Å²) in [4.78, 5) is 1.09. The molecule has 0 radical (unpaired) electrons. The Morgan fingerprint density at radius 2 is 2.29 bits per heavy atom. The molecule has 0 unspecified atom stereocenters. The van der Waals surface area contributed by atoms with Gasteiger partial charge in [0, 0.05) is 11.5 Å². The van der Waals surface area contributed by atoms with E-state index < -0.39 is 0 Å². The van der Waals surface area contributed by atoms with Crippen molar-refractivity contribution in [2.45, 2.75) is 4.90 Å². The minimum absolute atomic E-state index is 0.288. The topological polar surface area (TPSA) is 29.5 Å². The van der Waals surface area contributed by atoms with Crippen molar-refractivity contribution in [2.75, 3.05) is 13.4 Å². The first-order valence-corrected chi connectivity index (χ1v) is 6.19. The second-order valence-corrected chi connectivity index (χ2v) is 4.53. The van der Waals surface area contributed by atoms with Crippen LogP contribution in [0.25, 0.3) is 10.1 Å². The van der Waals surface area contributed by atoms with Gasteiger partial charge in [-0.15, -0.1) is 23.1 Å². The molecular weight excluding hydrogens is 216 g/mol. The summed E-state index contributed by atoms with van der Waals surface area (Å²) in [6, 6.07) is 3.59. The average Bonchev–Trinajstić information content (AvgIpc) is 2.66. The van der Waals surface area contributed by atoms with Crippen molar-refractivity contribution in [1.82, 2.24) is 0 Å². The van der Waals surface area contributed by atoms with Crippen LogP contribution < -0.4 is 4.74 Å². The van der Waals surface area contributed by atoms with Gasteiger partial charge in [0.25, 0.3) is 0 Å². The Labute approximate surface area is 90.5 Å². The average molecular weight is 226 g/mol. The minimum atomic E-state index is 0.288.